The minimum atomic E-state index is -0.622. The topological polar surface area (TPSA) is 48.3 Å². The highest BCUT2D eigenvalue weighted by molar-refractivity contribution is 9.10. The third-order valence-corrected chi connectivity index (χ3v) is 3.27. The Morgan fingerprint density at radius 2 is 2.11 bits per heavy atom. The Kier molecular flexibility index (Phi) is 5.14. The molecule has 1 aromatic heterocycles. The summed E-state index contributed by atoms with van der Waals surface area (Å²) in [7, 11) is 0. The number of rotatable bonds is 4. The molecule has 0 aliphatic carbocycles. The van der Waals surface area contributed by atoms with Gasteiger partial charge in [-0.1, -0.05) is 6.92 Å². The van der Waals surface area contributed by atoms with E-state index in [1.54, 1.807) is 26.1 Å². The maximum atomic E-state index is 12.0. The smallest absolute Gasteiger partial charge is 0.329 e. The van der Waals surface area contributed by atoms with Crippen molar-refractivity contribution in [2.24, 2.45) is 0 Å². The van der Waals surface area contributed by atoms with Crippen LogP contribution in [0.4, 0.5) is 0 Å². The van der Waals surface area contributed by atoms with Crippen LogP contribution >= 0.6 is 15.9 Å². The van der Waals surface area contributed by atoms with Gasteiger partial charge in [-0.15, -0.1) is 0 Å². The number of carbonyl (C=O) groups is 1. The molecular weight excluding hydrogens is 298 g/mol. The minimum absolute atomic E-state index is 0.135. The standard InChI is InChI=1S/C13H18BrNO3/c1-5-9(3)18-13(17)10(4)15-7-11(14)6-8(2)12(15)16/h6-7,9-10H,5H2,1-4H3. The van der Waals surface area contributed by atoms with Crippen LogP contribution in [-0.2, 0) is 9.53 Å². The fraction of sp³-hybridized carbons (Fsp3) is 0.538. The van der Waals surface area contributed by atoms with Gasteiger partial charge in [-0.25, -0.2) is 4.79 Å². The first-order valence-electron chi connectivity index (χ1n) is 5.95. The van der Waals surface area contributed by atoms with E-state index in [1.165, 1.54) is 4.57 Å². The summed E-state index contributed by atoms with van der Waals surface area (Å²) in [5.41, 5.74) is 0.416. The number of ether oxygens (including phenoxy) is 1. The summed E-state index contributed by atoms with van der Waals surface area (Å²) in [4.78, 5) is 23.8. The third-order valence-electron chi connectivity index (χ3n) is 2.84. The van der Waals surface area contributed by atoms with Crippen LogP contribution < -0.4 is 5.56 Å². The quantitative estimate of drug-likeness (QED) is 0.803. The van der Waals surface area contributed by atoms with Gasteiger partial charge in [-0.3, -0.25) is 4.79 Å². The van der Waals surface area contributed by atoms with E-state index < -0.39 is 6.04 Å². The molecule has 0 aliphatic rings. The van der Waals surface area contributed by atoms with E-state index in [0.717, 1.165) is 10.9 Å². The second kappa shape index (κ2) is 6.18. The first-order chi connectivity index (χ1) is 8.36. The molecule has 4 nitrogen and oxygen atoms in total. The Labute approximate surface area is 115 Å². The summed E-state index contributed by atoms with van der Waals surface area (Å²) in [6, 6.07) is 1.11. The van der Waals surface area contributed by atoms with Crippen LogP contribution in [0.1, 0.15) is 38.8 Å². The molecule has 0 fully saturated rings. The lowest BCUT2D eigenvalue weighted by Gasteiger charge is -2.18. The van der Waals surface area contributed by atoms with Crippen molar-refractivity contribution in [2.45, 2.75) is 46.3 Å². The van der Waals surface area contributed by atoms with Crippen LogP contribution in [0.15, 0.2) is 21.5 Å². The van der Waals surface area contributed by atoms with Gasteiger partial charge < -0.3 is 9.30 Å². The summed E-state index contributed by atoms with van der Waals surface area (Å²) < 4.78 is 7.40. The number of hydrogen-bond donors (Lipinski definition) is 0. The van der Waals surface area contributed by atoms with Crippen LogP contribution in [0.2, 0.25) is 0 Å². The first kappa shape index (κ1) is 15.0. The number of aryl methyl sites for hydroxylation is 1. The Hall–Kier alpha value is -1.10. The van der Waals surface area contributed by atoms with Gasteiger partial charge in [0.25, 0.3) is 5.56 Å². The maximum absolute atomic E-state index is 12.0. The molecule has 18 heavy (non-hydrogen) atoms. The normalized spacial score (nSPS) is 14.1. The van der Waals surface area contributed by atoms with Gasteiger partial charge in [-0.2, -0.15) is 0 Å². The van der Waals surface area contributed by atoms with Gasteiger partial charge in [-0.05, 0) is 49.2 Å². The summed E-state index contributed by atoms with van der Waals surface area (Å²) in [5.74, 6) is -0.385. The molecule has 1 heterocycles. The van der Waals surface area contributed by atoms with Gasteiger partial charge in [0.05, 0.1) is 6.10 Å². The summed E-state index contributed by atoms with van der Waals surface area (Å²) in [6.45, 7) is 7.16. The second-order valence-electron chi connectivity index (χ2n) is 4.39. The molecule has 1 aromatic rings. The van der Waals surface area contributed by atoms with Crippen molar-refractivity contribution < 1.29 is 9.53 Å². The molecule has 0 aliphatic heterocycles. The second-order valence-corrected chi connectivity index (χ2v) is 5.30. The van der Waals surface area contributed by atoms with Gasteiger partial charge in [0.1, 0.15) is 6.04 Å². The van der Waals surface area contributed by atoms with Crippen molar-refractivity contribution in [1.82, 2.24) is 4.57 Å². The zero-order valence-corrected chi connectivity index (χ0v) is 12.7. The lowest BCUT2D eigenvalue weighted by Crippen LogP contribution is -2.31. The van der Waals surface area contributed by atoms with Crippen molar-refractivity contribution >= 4 is 21.9 Å². The Morgan fingerprint density at radius 1 is 1.50 bits per heavy atom. The summed E-state index contributed by atoms with van der Waals surface area (Å²) in [5, 5.41) is 0. The van der Waals surface area contributed by atoms with Gasteiger partial charge in [0, 0.05) is 16.2 Å². The van der Waals surface area contributed by atoms with E-state index in [2.05, 4.69) is 15.9 Å². The van der Waals surface area contributed by atoms with Crippen molar-refractivity contribution in [3.63, 3.8) is 0 Å². The van der Waals surface area contributed by atoms with E-state index in [-0.39, 0.29) is 17.6 Å². The molecule has 0 N–H and O–H groups in total. The lowest BCUT2D eigenvalue weighted by atomic mass is 10.2. The highest BCUT2D eigenvalue weighted by atomic mass is 79.9. The first-order valence-corrected chi connectivity index (χ1v) is 6.74. The number of esters is 1. The molecule has 100 valence electrons. The monoisotopic (exact) mass is 315 g/mol. The van der Waals surface area contributed by atoms with Gasteiger partial charge in [0.2, 0.25) is 0 Å². The van der Waals surface area contributed by atoms with Crippen molar-refractivity contribution in [3.8, 4) is 0 Å². The highest BCUT2D eigenvalue weighted by Crippen LogP contribution is 2.14. The molecule has 0 spiro atoms. The molecule has 2 atom stereocenters. The maximum Gasteiger partial charge on any atom is 0.329 e. The molecule has 1 rings (SSSR count). The van der Waals surface area contributed by atoms with Gasteiger partial charge in [0.15, 0.2) is 0 Å². The van der Waals surface area contributed by atoms with Crippen molar-refractivity contribution in [3.05, 3.63) is 32.7 Å². The predicted molar refractivity (Wildman–Crippen MR) is 73.7 cm³/mol. The van der Waals surface area contributed by atoms with E-state index in [1.807, 2.05) is 13.8 Å². The number of pyridine rings is 1. The van der Waals surface area contributed by atoms with Gasteiger partial charge >= 0.3 is 5.97 Å². The molecule has 5 heteroatoms. The molecule has 0 radical (unpaired) electrons. The number of halogens is 1. The van der Waals surface area contributed by atoms with Crippen LogP contribution in [0, 0.1) is 6.92 Å². The van der Waals surface area contributed by atoms with Crippen molar-refractivity contribution in [2.75, 3.05) is 0 Å². The summed E-state index contributed by atoms with van der Waals surface area (Å²) >= 11 is 3.32. The zero-order chi connectivity index (χ0) is 13.9. The van der Waals surface area contributed by atoms with Crippen LogP contribution in [0.25, 0.3) is 0 Å². The number of nitrogens with zero attached hydrogens (tertiary/aromatic N) is 1. The Balaban J connectivity index is 3.00. The zero-order valence-electron chi connectivity index (χ0n) is 11.1. The third kappa shape index (κ3) is 3.45. The fourth-order valence-corrected chi connectivity index (χ4v) is 2.05. The Bertz CT molecular complexity index is 495. The predicted octanol–water partition coefficient (Wildman–Crippen LogP) is 2.82. The molecular formula is C13H18BrNO3. The van der Waals surface area contributed by atoms with Crippen LogP contribution in [-0.4, -0.2) is 16.6 Å². The molecule has 0 saturated carbocycles. The number of aromatic nitrogens is 1. The minimum Gasteiger partial charge on any atom is -0.461 e. The fourth-order valence-electron chi connectivity index (χ4n) is 1.48. The largest absolute Gasteiger partial charge is 0.461 e. The highest BCUT2D eigenvalue weighted by Gasteiger charge is 2.20. The molecule has 0 saturated heterocycles. The van der Waals surface area contributed by atoms with Crippen molar-refractivity contribution in [1.29, 1.82) is 0 Å². The van der Waals surface area contributed by atoms with E-state index in [0.29, 0.717) is 5.56 Å². The average molecular weight is 316 g/mol. The SMILES string of the molecule is CCC(C)OC(=O)C(C)n1cc(Br)cc(C)c1=O. The Morgan fingerprint density at radius 3 is 2.67 bits per heavy atom. The molecule has 0 aromatic carbocycles. The van der Waals surface area contributed by atoms with E-state index >= 15 is 0 Å². The average Bonchev–Trinajstić information content (AvgIpc) is 2.32. The van der Waals surface area contributed by atoms with Crippen LogP contribution in [0.5, 0.6) is 0 Å². The number of hydrogen-bond acceptors (Lipinski definition) is 3. The molecule has 0 bridgehead atoms. The number of carbonyl (C=O) groups excluding carboxylic acids is 1. The van der Waals surface area contributed by atoms with E-state index in [9.17, 15) is 9.59 Å². The molecule has 0 amide bonds. The van der Waals surface area contributed by atoms with Crippen LogP contribution in [0.3, 0.4) is 0 Å². The molecule has 2 unspecified atom stereocenters. The summed E-state index contributed by atoms with van der Waals surface area (Å²) in [6.07, 6.45) is 2.23. The lowest BCUT2D eigenvalue weighted by molar-refractivity contribution is -0.152. The van der Waals surface area contributed by atoms with E-state index in [4.69, 9.17) is 4.74 Å².